The molecular weight excluding hydrogens is 231 g/mol. The summed E-state index contributed by atoms with van der Waals surface area (Å²) in [5.41, 5.74) is 0.987. The summed E-state index contributed by atoms with van der Waals surface area (Å²) in [5, 5.41) is 6.24. The maximum absolute atomic E-state index is 13.0. The number of hydrogen-bond acceptors (Lipinski definition) is 2. The lowest BCUT2D eigenvalue weighted by atomic mass is 10.1. The van der Waals surface area contributed by atoms with Crippen LogP contribution in [0.25, 0.3) is 0 Å². The number of benzene rings is 1. The molecule has 0 aliphatic carbocycles. The largest absolute Gasteiger partial charge is 0.356 e. The van der Waals surface area contributed by atoms with Gasteiger partial charge in [-0.1, -0.05) is 12.1 Å². The van der Waals surface area contributed by atoms with Gasteiger partial charge in [0.25, 0.3) is 0 Å². The molecule has 0 aromatic heterocycles. The van der Waals surface area contributed by atoms with Crippen molar-refractivity contribution in [3.05, 3.63) is 35.6 Å². The highest BCUT2D eigenvalue weighted by Gasteiger charge is 2.16. The summed E-state index contributed by atoms with van der Waals surface area (Å²) in [7, 11) is 0. The summed E-state index contributed by atoms with van der Waals surface area (Å²) < 4.78 is 13.0. The fourth-order valence-electron chi connectivity index (χ4n) is 2.26. The number of carbonyl (C=O) groups is 1. The van der Waals surface area contributed by atoms with E-state index in [2.05, 4.69) is 10.6 Å². The van der Waals surface area contributed by atoms with Crippen LogP contribution in [0.4, 0.5) is 4.39 Å². The molecule has 1 aromatic rings. The third-order valence-corrected chi connectivity index (χ3v) is 3.22. The first kappa shape index (κ1) is 13.0. The highest BCUT2D eigenvalue weighted by Crippen LogP contribution is 2.07. The third kappa shape index (κ3) is 4.11. The van der Waals surface area contributed by atoms with Crippen LogP contribution in [0.3, 0.4) is 0 Å². The van der Waals surface area contributed by atoms with Crippen molar-refractivity contribution in [2.24, 2.45) is 0 Å². The van der Waals surface area contributed by atoms with Crippen molar-refractivity contribution in [2.75, 3.05) is 13.1 Å². The Bertz CT molecular complexity index is 409. The molecule has 4 heteroatoms. The Morgan fingerprint density at radius 1 is 1.44 bits per heavy atom. The standard InChI is InChI=1S/C14H19FN2O/c15-12-4-1-3-11(9-12)6-8-16-13-5-2-7-17-14(18)10-13/h1,3-4,9,13,16H,2,5-8,10H2,(H,17,18). The molecule has 98 valence electrons. The molecule has 1 heterocycles. The van der Waals surface area contributed by atoms with Crippen LogP contribution in [-0.4, -0.2) is 25.0 Å². The van der Waals surface area contributed by atoms with Crippen LogP contribution in [0.5, 0.6) is 0 Å². The minimum Gasteiger partial charge on any atom is -0.356 e. The first-order valence-electron chi connectivity index (χ1n) is 6.48. The minimum absolute atomic E-state index is 0.121. The van der Waals surface area contributed by atoms with Gasteiger partial charge >= 0.3 is 0 Å². The highest BCUT2D eigenvalue weighted by molar-refractivity contribution is 5.76. The van der Waals surface area contributed by atoms with E-state index in [1.165, 1.54) is 6.07 Å². The van der Waals surface area contributed by atoms with Crippen molar-refractivity contribution in [3.8, 4) is 0 Å². The van der Waals surface area contributed by atoms with Gasteiger partial charge in [0.2, 0.25) is 5.91 Å². The zero-order valence-electron chi connectivity index (χ0n) is 10.4. The lowest BCUT2D eigenvalue weighted by Crippen LogP contribution is -2.33. The molecule has 0 spiro atoms. The maximum atomic E-state index is 13.0. The van der Waals surface area contributed by atoms with E-state index in [4.69, 9.17) is 0 Å². The quantitative estimate of drug-likeness (QED) is 0.852. The predicted octanol–water partition coefficient (Wildman–Crippen LogP) is 1.63. The third-order valence-electron chi connectivity index (χ3n) is 3.22. The van der Waals surface area contributed by atoms with Gasteiger partial charge in [-0.2, -0.15) is 0 Å². The molecule has 0 bridgehead atoms. The number of rotatable bonds is 4. The van der Waals surface area contributed by atoms with E-state index in [1.807, 2.05) is 6.07 Å². The molecule has 1 fully saturated rings. The van der Waals surface area contributed by atoms with Gasteiger partial charge in [0.15, 0.2) is 0 Å². The number of nitrogens with one attached hydrogen (secondary N) is 2. The van der Waals surface area contributed by atoms with Crippen LogP contribution in [0, 0.1) is 5.82 Å². The molecule has 1 aliphatic rings. The van der Waals surface area contributed by atoms with Crippen LogP contribution in [-0.2, 0) is 11.2 Å². The summed E-state index contributed by atoms with van der Waals surface area (Å²) in [6.45, 7) is 1.56. The smallest absolute Gasteiger partial charge is 0.221 e. The minimum atomic E-state index is -0.193. The molecule has 1 atom stereocenters. The molecule has 0 radical (unpaired) electrons. The Hall–Kier alpha value is -1.42. The lowest BCUT2D eigenvalue weighted by Gasteiger charge is -2.14. The first-order valence-corrected chi connectivity index (χ1v) is 6.48. The van der Waals surface area contributed by atoms with E-state index in [1.54, 1.807) is 12.1 Å². The van der Waals surface area contributed by atoms with E-state index in [9.17, 15) is 9.18 Å². The second-order valence-electron chi connectivity index (χ2n) is 4.73. The molecule has 1 unspecified atom stereocenters. The fraction of sp³-hybridized carbons (Fsp3) is 0.500. The van der Waals surface area contributed by atoms with Gasteiger partial charge in [0.1, 0.15) is 5.82 Å². The Kier molecular flexibility index (Phi) is 4.70. The van der Waals surface area contributed by atoms with Crippen molar-refractivity contribution in [1.29, 1.82) is 0 Å². The van der Waals surface area contributed by atoms with Crippen LogP contribution < -0.4 is 10.6 Å². The summed E-state index contributed by atoms with van der Waals surface area (Å²) in [5.74, 6) is -0.0721. The average Bonchev–Trinajstić information content (AvgIpc) is 2.54. The number of hydrogen-bond donors (Lipinski definition) is 2. The summed E-state index contributed by atoms with van der Waals surface area (Å²) >= 11 is 0. The number of halogens is 1. The Balaban J connectivity index is 1.76. The second-order valence-corrected chi connectivity index (χ2v) is 4.73. The van der Waals surface area contributed by atoms with E-state index in [0.717, 1.165) is 37.9 Å². The van der Waals surface area contributed by atoms with Gasteiger partial charge in [0.05, 0.1) is 0 Å². The number of carbonyl (C=O) groups excluding carboxylic acids is 1. The van der Waals surface area contributed by atoms with Gasteiger partial charge in [-0.15, -0.1) is 0 Å². The van der Waals surface area contributed by atoms with Crippen LogP contribution in [0.1, 0.15) is 24.8 Å². The zero-order chi connectivity index (χ0) is 12.8. The van der Waals surface area contributed by atoms with Crippen molar-refractivity contribution >= 4 is 5.91 Å². The Labute approximate surface area is 107 Å². The molecule has 2 rings (SSSR count). The molecule has 3 nitrogen and oxygen atoms in total. The van der Waals surface area contributed by atoms with Gasteiger partial charge in [0, 0.05) is 19.0 Å². The van der Waals surface area contributed by atoms with Gasteiger partial charge in [-0.3, -0.25) is 4.79 Å². The highest BCUT2D eigenvalue weighted by atomic mass is 19.1. The monoisotopic (exact) mass is 250 g/mol. The van der Waals surface area contributed by atoms with Crippen molar-refractivity contribution in [1.82, 2.24) is 10.6 Å². The Morgan fingerprint density at radius 3 is 3.17 bits per heavy atom. The van der Waals surface area contributed by atoms with Crippen molar-refractivity contribution < 1.29 is 9.18 Å². The van der Waals surface area contributed by atoms with E-state index >= 15 is 0 Å². The van der Waals surface area contributed by atoms with Crippen molar-refractivity contribution in [2.45, 2.75) is 31.7 Å². The summed E-state index contributed by atoms with van der Waals surface area (Å²) in [6.07, 6.45) is 3.37. The average molecular weight is 250 g/mol. The Morgan fingerprint density at radius 2 is 2.33 bits per heavy atom. The van der Waals surface area contributed by atoms with E-state index in [-0.39, 0.29) is 17.8 Å². The van der Waals surface area contributed by atoms with Gasteiger partial charge in [-0.25, -0.2) is 4.39 Å². The number of amides is 1. The molecular formula is C14H19FN2O. The molecule has 1 aliphatic heterocycles. The molecule has 18 heavy (non-hydrogen) atoms. The lowest BCUT2D eigenvalue weighted by molar-refractivity contribution is -0.121. The summed E-state index contributed by atoms with van der Waals surface area (Å²) in [6, 6.07) is 6.91. The maximum Gasteiger partial charge on any atom is 0.221 e. The van der Waals surface area contributed by atoms with Crippen LogP contribution in [0.15, 0.2) is 24.3 Å². The van der Waals surface area contributed by atoms with Crippen molar-refractivity contribution in [3.63, 3.8) is 0 Å². The van der Waals surface area contributed by atoms with Crippen LogP contribution >= 0.6 is 0 Å². The molecule has 1 aromatic carbocycles. The van der Waals surface area contributed by atoms with E-state index in [0.29, 0.717) is 6.42 Å². The van der Waals surface area contributed by atoms with Crippen LogP contribution in [0.2, 0.25) is 0 Å². The van der Waals surface area contributed by atoms with E-state index < -0.39 is 0 Å². The topological polar surface area (TPSA) is 41.1 Å². The molecule has 0 saturated carbocycles. The zero-order valence-corrected chi connectivity index (χ0v) is 10.4. The fourth-order valence-corrected chi connectivity index (χ4v) is 2.26. The molecule has 1 amide bonds. The molecule has 1 saturated heterocycles. The SMILES string of the molecule is O=C1CC(NCCc2cccc(F)c2)CCCN1. The summed E-state index contributed by atoms with van der Waals surface area (Å²) in [4.78, 5) is 11.4. The van der Waals surface area contributed by atoms with Gasteiger partial charge in [-0.05, 0) is 43.5 Å². The normalized spacial score (nSPS) is 20.3. The second kappa shape index (κ2) is 6.50. The van der Waals surface area contributed by atoms with Gasteiger partial charge < -0.3 is 10.6 Å². The predicted molar refractivity (Wildman–Crippen MR) is 68.8 cm³/mol. The first-order chi connectivity index (χ1) is 8.74. The molecule has 2 N–H and O–H groups in total.